The Hall–Kier alpha value is -0.0300. The summed E-state index contributed by atoms with van der Waals surface area (Å²) in [5, 5.41) is 0. The van der Waals surface area contributed by atoms with Crippen molar-refractivity contribution in [3.05, 3.63) is 34.3 Å². The zero-order valence-electron chi connectivity index (χ0n) is 11.0. The Morgan fingerprint density at radius 3 is 2.55 bits per heavy atom. The Morgan fingerprint density at radius 1 is 1.20 bits per heavy atom. The molecule has 0 aromatic heterocycles. The first-order valence-corrected chi connectivity index (χ1v) is 8.54. The van der Waals surface area contributed by atoms with Gasteiger partial charge in [0.25, 0.3) is 0 Å². The summed E-state index contributed by atoms with van der Waals surface area (Å²) in [7, 11) is 0. The van der Waals surface area contributed by atoms with Crippen LogP contribution < -0.4 is 0 Å². The molecule has 0 heterocycles. The summed E-state index contributed by atoms with van der Waals surface area (Å²) >= 11 is 6.91. The predicted molar refractivity (Wildman–Crippen MR) is 82.1 cm³/mol. The van der Waals surface area contributed by atoms with Crippen molar-refractivity contribution >= 4 is 31.9 Å². The molecule has 1 aromatic rings. The zero-order chi connectivity index (χ0) is 14.8. The molecule has 1 fully saturated rings. The molecule has 112 valence electrons. The van der Waals surface area contributed by atoms with Crippen LogP contribution >= 0.6 is 31.9 Å². The van der Waals surface area contributed by atoms with Gasteiger partial charge in [-0.05, 0) is 42.9 Å². The predicted octanol–water partition coefficient (Wildman–Crippen LogP) is 6.12. The molecule has 20 heavy (non-hydrogen) atoms. The minimum absolute atomic E-state index is 0.122. The van der Waals surface area contributed by atoms with E-state index in [2.05, 4.69) is 31.9 Å². The minimum atomic E-state index is -4.08. The molecule has 0 bridgehead atoms. The molecule has 0 amide bonds. The Kier molecular flexibility index (Phi) is 5.57. The summed E-state index contributed by atoms with van der Waals surface area (Å²) in [6.07, 6.45) is -0.914. The third-order valence-electron chi connectivity index (χ3n) is 4.02. The molecule has 0 N–H and O–H groups in total. The van der Waals surface area contributed by atoms with Gasteiger partial charge in [-0.15, -0.1) is 0 Å². The number of halogens is 5. The lowest BCUT2D eigenvalue weighted by Gasteiger charge is -2.36. The molecule has 1 aromatic carbocycles. The second-order valence-electron chi connectivity index (χ2n) is 5.45. The molecule has 0 nitrogen and oxygen atoms in total. The average Bonchev–Trinajstić information content (AvgIpc) is 2.37. The van der Waals surface area contributed by atoms with Gasteiger partial charge >= 0.3 is 6.18 Å². The topological polar surface area (TPSA) is 0 Å². The van der Waals surface area contributed by atoms with Crippen molar-refractivity contribution in [1.82, 2.24) is 0 Å². The number of hydrogen-bond donors (Lipinski definition) is 0. The molecule has 1 saturated carbocycles. The molecule has 1 aliphatic carbocycles. The van der Waals surface area contributed by atoms with Crippen LogP contribution in [0.1, 0.15) is 31.2 Å². The van der Waals surface area contributed by atoms with Crippen LogP contribution in [0.5, 0.6) is 0 Å². The van der Waals surface area contributed by atoms with E-state index in [4.69, 9.17) is 0 Å². The lowest BCUT2D eigenvalue weighted by molar-refractivity contribution is -0.196. The highest BCUT2D eigenvalue weighted by atomic mass is 79.9. The van der Waals surface area contributed by atoms with Crippen LogP contribution in [0, 0.1) is 11.8 Å². The maximum Gasteiger partial charge on any atom is 0.392 e. The van der Waals surface area contributed by atoms with Crippen molar-refractivity contribution in [2.45, 2.75) is 43.1 Å². The first kappa shape index (κ1) is 16.3. The van der Waals surface area contributed by atoms with Gasteiger partial charge in [0.1, 0.15) is 0 Å². The van der Waals surface area contributed by atoms with Gasteiger partial charge in [-0.25, -0.2) is 0 Å². The van der Waals surface area contributed by atoms with Gasteiger partial charge in [-0.3, -0.25) is 0 Å². The molecule has 2 rings (SSSR count). The van der Waals surface area contributed by atoms with Crippen LogP contribution in [0.2, 0.25) is 0 Å². The molecule has 3 atom stereocenters. The fourth-order valence-electron chi connectivity index (χ4n) is 3.04. The second-order valence-corrected chi connectivity index (χ2v) is 7.54. The normalized spacial score (nSPS) is 25.4. The zero-order valence-corrected chi connectivity index (χ0v) is 14.1. The SMILES string of the molecule is FC(F)(F)C1CCCCC1C(Br)Cc1cccc(Br)c1. The van der Waals surface area contributed by atoms with E-state index in [1.54, 1.807) is 0 Å². The van der Waals surface area contributed by atoms with Crippen LogP contribution in [-0.4, -0.2) is 11.0 Å². The molecule has 3 unspecified atom stereocenters. The number of alkyl halides is 4. The fraction of sp³-hybridized carbons (Fsp3) is 0.600. The van der Waals surface area contributed by atoms with Gasteiger partial charge in [0.2, 0.25) is 0 Å². The highest BCUT2D eigenvalue weighted by molar-refractivity contribution is 9.10. The largest absolute Gasteiger partial charge is 0.392 e. The van der Waals surface area contributed by atoms with E-state index in [1.165, 1.54) is 0 Å². The van der Waals surface area contributed by atoms with E-state index in [-0.39, 0.29) is 17.2 Å². The van der Waals surface area contributed by atoms with Crippen molar-refractivity contribution in [2.75, 3.05) is 0 Å². The van der Waals surface area contributed by atoms with Gasteiger partial charge in [0, 0.05) is 9.30 Å². The van der Waals surface area contributed by atoms with Crippen molar-refractivity contribution in [3.8, 4) is 0 Å². The lowest BCUT2D eigenvalue weighted by Crippen LogP contribution is -2.38. The first-order valence-electron chi connectivity index (χ1n) is 6.83. The van der Waals surface area contributed by atoms with Crippen molar-refractivity contribution in [2.24, 2.45) is 11.8 Å². The summed E-state index contributed by atoms with van der Waals surface area (Å²) in [6.45, 7) is 0. The van der Waals surface area contributed by atoms with Crippen LogP contribution in [0.3, 0.4) is 0 Å². The van der Waals surface area contributed by atoms with E-state index < -0.39 is 12.1 Å². The molecule has 1 aliphatic rings. The Balaban J connectivity index is 2.08. The molecule has 0 radical (unpaired) electrons. The monoisotopic (exact) mass is 412 g/mol. The average molecular weight is 414 g/mol. The van der Waals surface area contributed by atoms with Crippen molar-refractivity contribution < 1.29 is 13.2 Å². The highest BCUT2D eigenvalue weighted by Crippen LogP contribution is 2.45. The summed E-state index contributed by atoms with van der Waals surface area (Å²) in [4.78, 5) is -0.122. The van der Waals surface area contributed by atoms with Gasteiger partial charge in [0.05, 0.1) is 5.92 Å². The summed E-state index contributed by atoms with van der Waals surface area (Å²) in [6, 6.07) is 7.78. The number of hydrogen-bond acceptors (Lipinski definition) is 0. The molecular formula is C15H17Br2F3. The van der Waals surface area contributed by atoms with Crippen molar-refractivity contribution in [1.29, 1.82) is 0 Å². The summed E-state index contributed by atoms with van der Waals surface area (Å²) in [5.74, 6) is -1.48. The summed E-state index contributed by atoms with van der Waals surface area (Å²) in [5.41, 5.74) is 1.06. The molecule has 0 aliphatic heterocycles. The standard InChI is InChI=1S/C15H17Br2F3/c16-11-5-3-4-10(8-11)9-14(17)12-6-1-2-7-13(12)15(18,19)20/h3-5,8,12-14H,1-2,6-7,9H2. The van der Waals surface area contributed by atoms with Crippen LogP contribution in [-0.2, 0) is 6.42 Å². The van der Waals surface area contributed by atoms with Gasteiger partial charge in [-0.2, -0.15) is 13.2 Å². The Morgan fingerprint density at radius 2 is 1.90 bits per heavy atom. The summed E-state index contributed by atoms with van der Waals surface area (Å²) < 4.78 is 40.3. The molecule has 0 saturated heterocycles. The highest BCUT2D eigenvalue weighted by Gasteiger charge is 2.47. The van der Waals surface area contributed by atoms with Gasteiger partial charge in [0.15, 0.2) is 0 Å². The van der Waals surface area contributed by atoms with Crippen LogP contribution in [0.4, 0.5) is 13.2 Å². The van der Waals surface area contributed by atoms with Gasteiger partial charge < -0.3 is 0 Å². The fourth-order valence-corrected chi connectivity index (χ4v) is 4.49. The van der Waals surface area contributed by atoms with E-state index in [0.717, 1.165) is 16.5 Å². The number of rotatable bonds is 3. The molecule has 0 spiro atoms. The minimum Gasteiger partial charge on any atom is -0.171 e. The van der Waals surface area contributed by atoms with Gasteiger partial charge in [-0.1, -0.05) is 56.8 Å². The van der Waals surface area contributed by atoms with E-state index in [1.807, 2.05) is 24.3 Å². The lowest BCUT2D eigenvalue weighted by atomic mass is 9.76. The van der Waals surface area contributed by atoms with E-state index >= 15 is 0 Å². The number of benzene rings is 1. The third-order valence-corrected chi connectivity index (χ3v) is 5.52. The third kappa shape index (κ3) is 4.23. The Bertz CT molecular complexity index is 445. The van der Waals surface area contributed by atoms with E-state index in [0.29, 0.717) is 19.3 Å². The first-order chi connectivity index (χ1) is 9.38. The van der Waals surface area contributed by atoms with Crippen LogP contribution in [0.15, 0.2) is 28.7 Å². The smallest absolute Gasteiger partial charge is 0.171 e. The molecular weight excluding hydrogens is 397 g/mol. The van der Waals surface area contributed by atoms with Crippen molar-refractivity contribution in [3.63, 3.8) is 0 Å². The van der Waals surface area contributed by atoms with Crippen LogP contribution in [0.25, 0.3) is 0 Å². The maximum absolute atomic E-state index is 13.1. The quantitative estimate of drug-likeness (QED) is 0.523. The Labute approximate surface area is 134 Å². The second kappa shape index (κ2) is 6.82. The molecule has 5 heteroatoms. The van der Waals surface area contributed by atoms with E-state index in [9.17, 15) is 13.2 Å². The maximum atomic E-state index is 13.1.